The van der Waals surface area contributed by atoms with Crippen molar-refractivity contribution in [2.24, 2.45) is 0 Å². The Balaban J connectivity index is 4.12. The molecule has 2 heteroatoms. The van der Waals surface area contributed by atoms with Crippen molar-refractivity contribution in [1.82, 2.24) is 0 Å². The van der Waals surface area contributed by atoms with Crippen molar-refractivity contribution in [3.63, 3.8) is 0 Å². The lowest BCUT2D eigenvalue weighted by molar-refractivity contribution is 0.0467. The molecule has 2 nitrogen and oxygen atoms in total. The van der Waals surface area contributed by atoms with E-state index in [1.165, 1.54) is 0 Å². The number of hydrogen-bond donors (Lipinski definition) is 1. The summed E-state index contributed by atoms with van der Waals surface area (Å²) in [6.45, 7) is 10.7. The van der Waals surface area contributed by atoms with Crippen LogP contribution in [0.3, 0.4) is 0 Å². The van der Waals surface area contributed by atoms with E-state index in [2.05, 4.69) is 13.2 Å². The van der Waals surface area contributed by atoms with Gasteiger partial charge in [0, 0.05) is 0 Å². The van der Waals surface area contributed by atoms with E-state index in [1.54, 1.807) is 0 Å². The van der Waals surface area contributed by atoms with Crippen LogP contribution in [0.4, 0.5) is 0 Å². The van der Waals surface area contributed by atoms with Gasteiger partial charge in [0.15, 0.2) is 6.79 Å². The first-order chi connectivity index (χ1) is 5.07. The van der Waals surface area contributed by atoms with Crippen molar-refractivity contribution >= 4 is 0 Å². The minimum atomic E-state index is -0.333. The predicted molar refractivity (Wildman–Crippen MR) is 45.9 cm³/mol. The quantitative estimate of drug-likeness (QED) is 0.381. The molecule has 0 aliphatic carbocycles. The third-order valence-corrected chi connectivity index (χ3v) is 1.14. The number of rotatable bonds is 4. The molecule has 0 aromatic carbocycles. The third kappa shape index (κ3) is 4.39. The molecule has 1 N–H and O–H groups in total. The second kappa shape index (κ2) is 4.74. The molecule has 0 saturated carbocycles. The average molecular weight is 154 g/mol. The van der Waals surface area contributed by atoms with Crippen molar-refractivity contribution in [1.29, 1.82) is 0 Å². The summed E-state index contributed by atoms with van der Waals surface area (Å²) >= 11 is 0. The van der Waals surface area contributed by atoms with Gasteiger partial charge in [-0.1, -0.05) is 24.8 Å². The lowest BCUT2D eigenvalue weighted by atomic mass is 10.2. The summed E-state index contributed by atoms with van der Waals surface area (Å²) in [6, 6.07) is 0. The van der Waals surface area contributed by atoms with Crippen LogP contribution < -0.4 is 0 Å². The summed E-state index contributed by atoms with van der Waals surface area (Å²) in [4.78, 5) is 0. The van der Waals surface area contributed by atoms with E-state index >= 15 is 0 Å². The fourth-order valence-electron chi connectivity index (χ4n) is 0.642. The van der Waals surface area contributed by atoms with E-state index in [0.29, 0.717) is 5.76 Å². The van der Waals surface area contributed by atoms with Gasteiger partial charge >= 0.3 is 0 Å². The molecule has 62 valence electrons. The molecule has 0 radical (unpaired) electrons. The van der Waals surface area contributed by atoms with Crippen LogP contribution in [0.15, 0.2) is 36.1 Å². The minimum absolute atomic E-state index is 0.333. The van der Waals surface area contributed by atoms with Gasteiger partial charge in [0.2, 0.25) is 0 Å². The molecule has 0 aromatic heterocycles. The number of aliphatic hydroxyl groups excluding tert-OH is 1. The molecular weight excluding hydrogens is 140 g/mol. The molecule has 0 saturated heterocycles. The molecule has 0 amide bonds. The average Bonchev–Trinajstić information content (AvgIpc) is 1.86. The highest BCUT2D eigenvalue weighted by Crippen LogP contribution is 2.09. The zero-order chi connectivity index (χ0) is 8.85. The number of allylic oxidation sites excluding steroid dienone is 3. The first-order valence-electron chi connectivity index (χ1n) is 3.34. The van der Waals surface area contributed by atoms with Gasteiger partial charge in [0.1, 0.15) is 5.76 Å². The molecule has 0 aliphatic rings. The first-order valence-corrected chi connectivity index (χ1v) is 3.34. The Bertz CT molecular complexity index is 190. The lowest BCUT2D eigenvalue weighted by Crippen LogP contribution is -1.93. The van der Waals surface area contributed by atoms with E-state index < -0.39 is 0 Å². The highest BCUT2D eigenvalue weighted by atomic mass is 16.6. The van der Waals surface area contributed by atoms with Crippen LogP contribution in [0.5, 0.6) is 0 Å². The normalized spacial score (nSPS) is 11.0. The van der Waals surface area contributed by atoms with E-state index in [0.717, 1.165) is 11.1 Å². The molecule has 0 spiro atoms. The van der Waals surface area contributed by atoms with E-state index in [4.69, 9.17) is 9.84 Å². The van der Waals surface area contributed by atoms with Gasteiger partial charge in [0.05, 0.1) is 0 Å². The van der Waals surface area contributed by atoms with Crippen LogP contribution in [0, 0.1) is 0 Å². The zero-order valence-electron chi connectivity index (χ0n) is 7.05. The Hall–Kier alpha value is -1.02. The van der Waals surface area contributed by atoms with Gasteiger partial charge in [-0.2, -0.15) is 0 Å². The highest BCUT2D eigenvalue weighted by Gasteiger charge is 1.95. The Kier molecular flexibility index (Phi) is 4.30. The molecule has 0 atom stereocenters. The van der Waals surface area contributed by atoms with Crippen LogP contribution in [0.2, 0.25) is 0 Å². The molecule has 0 fully saturated rings. The Morgan fingerprint density at radius 2 is 2.00 bits per heavy atom. The molecule has 0 aliphatic heterocycles. The van der Waals surface area contributed by atoms with Gasteiger partial charge in [-0.3, -0.25) is 0 Å². The lowest BCUT2D eigenvalue weighted by Gasteiger charge is -2.05. The minimum Gasteiger partial charge on any atom is -0.468 e. The van der Waals surface area contributed by atoms with E-state index in [1.807, 2.05) is 19.9 Å². The van der Waals surface area contributed by atoms with E-state index in [9.17, 15) is 0 Å². The maximum absolute atomic E-state index is 8.39. The molecule has 0 aromatic rings. The molecule has 11 heavy (non-hydrogen) atoms. The van der Waals surface area contributed by atoms with Gasteiger partial charge in [-0.15, -0.1) is 0 Å². The second-order valence-corrected chi connectivity index (χ2v) is 2.37. The smallest absolute Gasteiger partial charge is 0.186 e. The molecule has 0 rings (SSSR count). The number of ether oxygens (including phenoxy) is 1. The Labute approximate surface area is 67.5 Å². The van der Waals surface area contributed by atoms with Crippen LogP contribution in [-0.4, -0.2) is 11.9 Å². The highest BCUT2D eigenvalue weighted by molar-refractivity contribution is 5.28. The molecule has 0 heterocycles. The van der Waals surface area contributed by atoms with Gasteiger partial charge in [-0.05, 0) is 19.4 Å². The first kappa shape index (κ1) is 9.98. The molecule has 0 unspecified atom stereocenters. The van der Waals surface area contributed by atoms with Crippen LogP contribution in [0.1, 0.15) is 13.8 Å². The number of hydrogen-bond acceptors (Lipinski definition) is 2. The van der Waals surface area contributed by atoms with E-state index in [-0.39, 0.29) is 6.79 Å². The van der Waals surface area contributed by atoms with Crippen LogP contribution in [0.25, 0.3) is 0 Å². The second-order valence-electron chi connectivity index (χ2n) is 2.37. The maximum Gasteiger partial charge on any atom is 0.186 e. The summed E-state index contributed by atoms with van der Waals surface area (Å²) in [7, 11) is 0. The van der Waals surface area contributed by atoms with Gasteiger partial charge in [-0.25, -0.2) is 0 Å². The summed E-state index contributed by atoms with van der Waals surface area (Å²) in [5.41, 5.74) is 1.82. The SMILES string of the molecule is C=C(C)/C=C(/C)C(=C)OCO. The zero-order valence-corrected chi connectivity index (χ0v) is 7.05. The fourth-order valence-corrected chi connectivity index (χ4v) is 0.642. The van der Waals surface area contributed by atoms with Crippen molar-refractivity contribution < 1.29 is 9.84 Å². The van der Waals surface area contributed by atoms with Gasteiger partial charge < -0.3 is 9.84 Å². The summed E-state index contributed by atoms with van der Waals surface area (Å²) in [5.74, 6) is 0.482. The van der Waals surface area contributed by atoms with Crippen molar-refractivity contribution in [3.8, 4) is 0 Å². The largest absolute Gasteiger partial charge is 0.468 e. The standard InChI is InChI=1S/C9H14O2/c1-7(2)5-8(3)9(4)11-6-10/h5,10H,1,4,6H2,2-3H3/b8-5-. The Morgan fingerprint density at radius 3 is 2.36 bits per heavy atom. The summed E-state index contributed by atoms with van der Waals surface area (Å²) in [5, 5.41) is 8.39. The van der Waals surface area contributed by atoms with Crippen molar-refractivity contribution in [3.05, 3.63) is 36.1 Å². The third-order valence-electron chi connectivity index (χ3n) is 1.14. The molecule has 0 bridgehead atoms. The van der Waals surface area contributed by atoms with Crippen LogP contribution >= 0.6 is 0 Å². The van der Waals surface area contributed by atoms with Crippen molar-refractivity contribution in [2.45, 2.75) is 13.8 Å². The van der Waals surface area contributed by atoms with Crippen molar-refractivity contribution in [2.75, 3.05) is 6.79 Å². The predicted octanol–water partition coefficient (Wildman–Crippen LogP) is 1.99. The number of aliphatic hydroxyl groups is 1. The topological polar surface area (TPSA) is 29.5 Å². The summed E-state index contributed by atoms with van der Waals surface area (Å²) < 4.78 is 4.76. The van der Waals surface area contributed by atoms with Gasteiger partial charge in [0.25, 0.3) is 0 Å². The van der Waals surface area contributed by atoms with Crippen LogP contribution in [-0.2, 0) is 4.74 Å². The fraction of sp³-hybridized carbons (Fsp3) is 0.333. The monoisotopic (exact) mass is 154 g/mol. The Morgan fingerprint density at radius 1 is 1.45 bits per heavy atom. The summed E-state index contributed by atoms with van der Waals surface area (Å²) in [6.07, 6.45) is 1.85. The maximum atomic E-state index is 8.39. The molecular formula is C9H14O2.